The molecule has 3 rings (SSSR count). The average Bonchev–Trinajstić information content (AvgIpc) is 3.20. The second-order valence-corrected chi connectivity index (χ2v) is 7.83. The molecule has 6 nitrogen and oxygen atoms in total. The van der Waals surface area contributed by atoms with Gasteiger partial charge in [0, 0.05) is 24.1 Å². The summed E-state index contributed by atoms with van der Waals surface area (Å²) in [5.41, 5.74) is 0.136. The number of hydrogen-bond donors (Lipinski definition) is 1. The second-order valence-electron chi connectivity index (χ2n) is 6.59. The molecule has 1 heterocycles. The van der Waals surface area contributed by atoms with E-state index in [4.69, 9.17) is 16.9 Å². The predicted octanol–water partition coefficient (Wildman–Crippen LogP) is 6.02. The van der Waals surface area contributed by atoms with E-state index in [1.807, 2.05) is 6.07 Å². The summed E-state index contributed by atoms with van der Waals surface area (Å²) in [7, 11) is 0. The van der Waals surface area contributed by atoms with E-state index in [0.29, 0.717) is 11.4 Å². The largest absolute Gasteiger partial charge is 0.416 e. The third-order valence-electron chi connectivity index (χ3n) is 4.21. The zero-order chi connectivity index (χ0) is 24.2. The van der Waals surface area contributed by atoms with Crippen LogP contribution < -0.4 is 10.2 Å². The van der Waals surface area contributed by atoms with Gasteiger partial charge in [0.1, 0.15) is 6.07 Å². The molecule has 0 spiro atoms. The first-order valence-corrected chi connectivity index (χ1v) is 10.5. The van der Waals surface area contributed by atoms with Crippen molar-refractivity contribution < 1.29 is 22.8 Å². The number of carbonyl (C=O) groups is 2. The summed E-state index contributed by atoms with van der Waals surface area (Å²) < 4.78 is 39.1. The lowest BCUT2D eigenvalue weighted by atomic mass is 10.2. The van der Waals surface area contributed by atoms with Gasteiger partial charge in [-0.05, 0) is 42.5 Å². The summed E-state index contributed by atoms with van der Waals surface area (Å²) >= 11 is 6.97. The van der Waals surface area contributed by atoms with E-state index in [1.165, 1.54) is 49.4 Å². The van der Waals surface area contributed by atoms with Crippen molar-refractivity contribution in [1.29, 1.82) is 5.26 Å². The van der Waals surface area contributed by atoms with Gasteiger partial charge in [-0.25, -0.2) is 4.98 Å². The quantitative estimate of drug-likeness (QED) is 0.443. The lowest BCUT2D eigenvalue weighted by Crippen LogP contribution is -2.23. The molecule has 0 aliphatic heterocycles. The number of nitrogens with one attached hydrogen (secondary N) is 1. The summed E-state index contributed by atoms with van der Waals surface area (Å²) in [5, 5.41) is 13.4. The van der Waals surface area contributed by atoms with Crippen LogP contribution in [0.4, 0.5) is 29.7 Å². The Morgan fingerprint density at radius 3 is 2.64 bits per heavy atom. The Balaban J connectivity index is 1.77. The summed E-state index contributed by atoms with van der Waals surface area (Å²) in [6.45, 7) is 1.22. The molecular formula is C22H14ClF3N4O2S. The minimum absolute atomic E-state index is 0.0256. The van der Waals surface area contributed by atoms with Crippen molar-refractivity contribution in [3.05, 3.63) is 75.8 Å². The number of carbonyl (C=O) groups excluding carboxylic acids is 2. The Bertz CT molecular complexity index is 1280. The summed E-state index contributed by atoms with van der Waals surface area (Å²) in [4.78, 5) is 29.6. The van der Waals surface area contributed by atoms with Crippen LogP contribution in [-0.2, 0) is 15.8 Å². The third-order valence-corrected chi connectivity index (χ3v) is 5.37. The van der Waals surface area contributed by atoms with Crippen LogP contribution in [0, 0.1) is 11.3 Å². The van der Waals surface area contributed by atoms with Crippen LogP contribution in [0.25, 0.3) is 6.08 Å². The highest BCUT2D eigenvalue weighted by atomic mass is 35.5. The van der Waals surface area contributed by atoms with Gasteiger partial charge in [-0.2, -0.15) is 18.4 Å². The lowest BCUT2D eigenvalue weighted by molar-refractivity contribution is -0.137. The Hall–Kier alpha value is -3.68. The number of anilines is 3. The van der Waals surface area contributed by atoms with E-state index >= 15 is 0 Å². The van der Waals surface area contributed by atoms with Gasteiger partial charge in [-0.1, -0.05) is 17.7 Å². The Kier molecular flexibility index (Phi) is 7.16. The first-order valence-electron chi connectivity index (χ1n) is 9.20. The van der Waals surface area contributed by atoms with Crippen LogP contribution in [0.15, 0.2) is 53.9 Å². The zero-order valence-electron chi connectivity index (χ0n) is 16.9. The Morgan fingerprint density at radius 1 is 1.24 bits per heavy atom. The van der Waals surface area contributed by atoms with E-state index in [2.05, 4.69) is 10.3 Å². The van der Waals surface area contributed by atoms with Crippen molar-refractivity contribution in [2.45, 2.75) is 13.1 Å². The molecule has 0 fully saturated rings. The fourth-order valence-electron chi connectivity index (χ4n) is 2.73. The van der Waals surface area contributed by atoms with Crippen molar-refractivity contribution >= 4 is 57.3 Å². The van der Waals surface area contributed by atoms with Gasteiger partial charge in [-0.3, -0.25) is 14.5 Å². The predicted molar refractivity (Wildman–Crippen MR) is 120 cm³/mol. The first kappa shape index (κ1) is 24.0. The highest BCUT2D eigenvalue weighted by Crippen LogP contribution is 2.35. The maximum atomic E-state index is 13.0. The summed E-state index contributed by atoms with van der Waals surface area (Å²) in [6.07, 6.45) is -1.96. The van der Waals surface area contributed by atoms with Gasteiger partial charge in [-0.15, -0.1) is 11.3 Å². The van der Waals surface area contributed by atoms with Gasteiger partial charge < -0.3 is 5.32 Å². The van der Waals surface area contributed by atoms with Crippen LogP contribution in [0.3, 0.4) is 0 Å². The first-order chi connectivity index (χ1) is 15.6. The van der Waals surface area contributed by atoms with Gasteiger partial charge >= 0.3 is 6.18 Å². The second kappa shape index (κ2) is 9.85. The molecule has 168 valence electrons. The van der Waals surface area contributed by atoms with Crippen LogP contribution in [-0.4, -0.2) is 16.8 Å². The van der Waals surface area contributed by atoms with Gasteiger partial charge in [0.25, 0.3) is 0 Å². The van der Waals surface area contributed by atoms with Crippen molar-refractivity contribution in [1.82, 2.24) is 4.98 Å². The molecule has 2 aromatic carbocycles. The maximum Gasteiger partial charge on any atom is 0.416 e. The maximum absolute atomic E-state index is 13.0. The number of thiazole rings is 1. The molecule has 11 heteroatoms. The minimum Gasteiger partial charge on any atom is -0.322 e. The molecule has 33 heavy (non-hydrogen) atoms. The number of aromatic nitrogens is 1. The van der Waals surface area contributed by atoms with E-state index < -0.39 is 23.6 Å². The molecule has 0 aliphatic carbocycles. The van der Waals surface area contributed by atoms with Crippen LogP contribution in [0.5, 0.6) is 0 Å². The van der Waals surface area contributed by atoms with E-state index in [-0.39, 0.29) is 21.4 Å². The molecule has 0 radical (unpaired) electrons. The SMILES string of the molecule is CC(=O)N(c1cccc(C(F)(F)F)c1)c1nc(/C=C/C(=O)Nc2ccc(C#N)c(Cl)c2)cs1. The smallest absolute Gasteiger partial charge is 0.322 e. The molecule has 0 aliphatic rings. The summed E-state index contributed by atoms with van der Waals surface area (Å²) in [5.74, 6) is -1.01. The molecule has 0 atom stereocenters. The Morgan fingerprint density at radius 2 is 2.00 bits per heavy atom. The molecule has 0 bridgehead atoms. The Labute approximate surface area is 195 Å². The molecule has 0 saturated heterocycles. The van der Waals surface area contributed by atoms with Crippen LogP contribution in [0.1, 0.15) is 23.7 Å². The molecule has 1 aromatic heterocycles. The molecule has 1 N–H and O–H groups in total. The lowest BCUT2D eigenvalue weighted by Gasteiger charge is -2.19. The topological polar surface area (TPSA) is 86.1 Å². The number of amides is 2. The van der Waals surface area contributed by atoms with Crippen molar-refractivity contribution in [2.24, 2.45) is 0 Å². The standard InChI is InChI=1S/C22H14ClF3N4O2S/c1-13(31)30(18-4-2-3-15(9-18)22(24,25)26)21-29-17(12-33-21)7-8-20(32)28-16-6-5-14(11-27)19(23)10-16/h2-10,12H,1H3,(H,28,32)/b8-7+. The molecule has 0 unspecified atom stereocenters. The number of alkyl halides is 3. The van der Waals surface area contributed by atoms with Gasteiger partial charge in [0.15, 0.2) is 5.13 Å². The molecule has 0 saturated carbocycles. The number of nitrogens with zero attached hydrogens (tertiary/aromatic N) is 3. The number of benzene rings is 2. The fraction of sp³-hybridized carbons (Fsp3) is 0.0909. The van der Waals surface area contributed by atoms with Crippen LogP contribution >= 0.6 is 22.9 Å². The normalized spacial score (nSPS) is 11.3. The molecular weight excluding hydrogens is 477 g/mol. The number of nitriles is 1. The highest BCUT2D eigenvalue weighted by Gasteiger charge is 2.31. The van der Waals surface area contributed by atoms with Crippen molar-refractivity contribution in [3.8, 4) is 6.07 Å². The van der Waals surface area contributed by atoms with Gasteiger partial charge in [0.05, 0.1) is 27.5 Å². The van der Waals surface area contributed by atoms with E-state index in [0.717, 1.165) is 28.4 Å². The number of halogens is 4. The summed E-state index contributed by atoms with van der Waals surface area (Å²) in [6, 6.07) is 10.7. The fourth-order valence-corrected chi connectivity index (χ4v) is 3.81. The monoisotopic (exact) mass is 490 g/mol. The van der Waals surface area contributed by atoms with Crippen molar-refractivity contribution in [3.63, 3.8) is 0 Å². The third kappa shape index (κ3) is 5.97. The van der Waals surface area contributed by atoms with Crippen LogP contribution in [0.2, 0.25) is 5.02 Å². The van der Waals surface area contributed by atoms with E-state index in [1.54, 1.807) is 5.38 Å². The minimum atomic E-state index is -4.55. The molecule has 2 amide bonds. The number of rotatable bonds is 5. The zero-order valence-corrected chi connectivity index (χ0v) is 18.4. The van der Waals surface area contributed by atoms with E-state index in [9.17, 15) is 22.8 Å². The van der Waals surface area contributed by atoms with Gasteiger partial charge in [0.2, 0.25) is 11.8 Å². The molecule has 3 aromatic rings. The average molecular weight is 491 g/mol. The number of hydrogen-bond acceptors (Lipinski definition) is 5. The highest BCUT2D eigenvalue weighted by molar-refractivity contribution is 7.14. The van der Waals surface area contributed by atoms with Crippen molar-refractivity contribution in [2.75, 3.05) is 10.2 Å².